The van der Waals surface area contributed by atoms with Gasteiger partial charge in [0.05, 0.1) is 12.6 Å². The van der Waals surface area contributed by atoms with Crippen LogP contribution in [0.2, 0.25) is 0 Å². The largest absolute Gasteiger partial charge is 0.490 e. The molecule has 35 heavy (non-hydrogen) atoms. The number of carboxylic acid groups (broad SMARTS) is 2. The van der Waals surface area contributed by atoms with Crippen LogP contribution in [0.25, 0.3) is 0 Å². The number of carbonyl (C=O) groups is 2. The number of piperidine rings is 1. The van der Waals surface area contributed by atoms with Gasteiger partial charge in [-0.1, -0.05) is 0 Å². The Kier molecular flexibility index (Phi) is 10.3. The van der Waals surface area contributed by atoms with Crippen LogP contribution in [-0.2, 0) is 20.9 Å². The summed E-state index contributed by atoms with van der Waals surface area (Å²) in [6.07, 6.45) is -3.73. The van der Waals surface area contributed by atoms with E-state index in [-0.39, 0.29) is 0 Å². The molecule has 2 aliphatic heterocycles. The van der Waals surface area contributed by atoms with Gasteiger partial charge in [0.15, 0.2) is 0 Å². The molecular formula is C20H27F6N3O5S. The van der Waals surface area contributed by atoms with Crippen LogP contribution in [0, 0.1) is 11.8 Å². The van der Waals surface area contributed by atoms with E-state index in [9.17, 15) is 26.3 Å². The molecule has 0 spiro atoms. The number of rotatable bonds is 5. The minimum Gasteiger partial charge on any atom is -0.475 e. The molecule has 200 valence electrons. The number of methoxy groups -OCH3 is 1. The maximum Gasteiger partial charge on any atom is 0.490 e. The molecule has 0 unspecified atom stereocenters. The molecule has 1 aliphatic carbocycles. The molecule has 3 aliphatic rings. The predicted octanol–water partition coefficient (Wildman–Crippen LogP) is 3.34. The first-order valence-electron chi connectivity index (χ1n) is 10.7. The van der Waals surface area contributed by atoms with E-state index in [2.05, 4.69) is 20.2 Å². The quantitative estimate of drug-likeness (QED) is 0.554. The molecule has 8 nitrogen and oxygen atoms in total. The van der Waals surface area contributed by atoms with E-state index < -0.39 is 24.3 Å². The lowest BCUT2D eigenvalue weighted by Crippen LogP contribution is -2.50. The number of fused-ring (bicyclic) bond motifs is 1. The highest BCUT2D eigenvalue weighted by atomic mass is 32.1. The Morgan fingerprint density at radius 1 is 1.09 bits per heavy atom. The highest BCUT2D eigenvalue weighted by Gasteiger charge is 2.45. The lowest BCUT2D eigenvalue weighted by atomic mass is 9.89. The van der Waals surface area contributed by atoms with Crippen LogP contribution in [-0.4, -0.2) is 94.7 Å². The maximum atomic E-state index is 10.6. The van der Waals surface area contributed by atoms with E-state index in [1.165, 1.54) is 43.9 Å². The minimum absolute atomic E-state index is 0.451. The molecule has 15 heteroatoms. The fraction of sp³-hybridized carbons (Fsp3) is 0.750. The fourth-order valence-electron chi connectivity index (χ4n) is 4.13. The molecule has 1 aromatic heterocycles. The number of likely N-dealkylation sites (tertiary alicyclic amines) is 2. The molecule has 3 atom stereocenters. The van der Waals surface area contributed by atoms with Crippen molar-refractivity contribution < 1.29 is 50.9 Å². The summed E-state index contributed by atoms with van der Waals surface area (Å²) in [4.78, 5) is 27.6. The standard InChI is InChI=1S/C16H25N3OS.2C2HF3O2/c1-20-15-4-6-19(11-16-17-5-7-21-16)14-10-18(9-13(14)15)8-12-2-3-12;2*3-2(4,5)1(6)7/h5,7,12-15H,2-4,6,8-11H2,1H3;2*(H,6,7)/t13-,14+,15-;;/m0../s1. The van der Waals surface area contributed by atoms with Gasteiger partial charge in [-0.05, 0) is 25.2 Å². The summed E-state index contributed by atoms with van der Waals surface area (Å²) in [6, 6.07) is 0.659. The van der Waals surface area contributed by atoms with E-state index in [1.807, 2.05) is 13.3 Å². The summed E-state index contributed by atoms with van der Waals surface area (Å²) >= 11 is 1.78. The first-order valence-corrected chi connectivity index (χ1v) is 11.6. The van der Waals surface area contributed by atoms with Gasteiger partial charge in [-0.25, -0.2) is 14.6 Å². The number of carboxylic acids is 2. The first-order chi connectivity index (χ1) is 16.2. The number of thiazole rings is 1. The summed E-state index contributed by atoms with van der Waals surface area (Å²) < 4.78 is 69.3. The van der Waals surface area contributed by atoms with E-state index in [0.29, 0.717) is 18.1 Å². The summed E-state index contributed by atoms with van der Waals surface area (Å²) in [5.41, 5.74) is 0. The third-order valence-corrected chi connectivity index (χ3v) is 6.64. The molecule has 0 aromatic carbocycles. The molecule has 4 rings (SSSR count). The van der Waals surface area contributed by atoms with Gasteiger partial charge in [-0.15, -0.1) is 11.3 Å². The van der Waals surface area contributed by atoms with Gasteiger partial charge in [0.25, 0.3) is 0 Å². The Morgan fingerprint density at radius 2 is 1.66 bits per heavy atom. The molecule has 3 heterocycles. The molecule has 0 amide bonds. The highest BCUT2D eigenvalue weighted by molar-refractivity contribution is 7.09. The molecule has 0 bridgehead atoms. The van der Waals surface area contributed by atoms with E-state index in [4.69, 9.17) is 24.5 Å². The zero-order valence-corrected chi connectivity index (χ0v) is 19.6. The number of aliphatic carboxylic acids is 2. The zero-order valence-electron chi connectivity index (χ0n) is 18.8. The van der Waals surface area contributed by atoms with Crippen LogP contribution in [0.3, 0.4) is 0 Å². The van der Waals surface area contributed by atoms with Crippen molar-refractivity contribution in [3.8, 4) is 0 Å². The Bertz CT molecular complexity index is 795. The van der Waals surface area contributed by atoms with Crippen LogP contribution in [0.5, 0.6) is 0 Å². The van der Waals surface area contributed by atoms with Gasteiger partial charge in [0.2, 0.25) is 0 Å². The van der Waals surface area contributed by atoms with Crippen LogP contribution >= 0.6 is 11.3 Å². The van der Waals surface area contributed by atoms with Crippen molar-refractivity contribution in [2.45, 2.75) is 50.3 Å². The third kappa shape index (κ3) is 9.54. The van der Waals surface area contributed by atoms with E-state index in [0.717, 1.165) is 19.0 Å². The first kappa shape index (κ1) is 29.3. The Labute approximate surface area is 201 Å². The van der Waals surface area contributed by atoms with Gasteiger partial charge < -0.3 is 19.8 Å². The Balaban J connectivity index is 0.000000257. The van der Waals surface area contributed by atoms with Crippen molar-refractivity contribution in [3.05, 3.63) is 16.6 Å². The highest BCUT2D eigenvalue weighted by Crippen LogP contribution is 2.36. The van der Waals surface area contributed by atoms with Gasteiger partial charge in [-0.2, -0.15) is 26.3 Å². The summed E-state index contributed by atoms with van der Waals surface area (Å²) in [5, 5.41) is 17.6. The van der Waals surface area contributed by atoms with Crippen LogP contribution in [0.15, 0.2) is 11.6 Å². The number of aromatic nitrogens is 1. The topological polar surface area (TPSA) is 103 Å². The van der Waals surface area contributed by atoms with Gasteiger partial charge >= 0.3 is 24.3 Å². The van der Waals surface area contributed by atoms with Crippen molar-refractivity contribution in [3.63, 3.8) is 0 Å². The third-order valence-electron chi connectivity index (χ3n) is 5.88. The monoisotopic (exact) mass is 535 g/mol. The minimum atomic E-state index is -5.08. The second-order valence-electron chi connectivity index (χ2n) is 8.46. The number of alkyl halides is 6. The van der Waals surface area contributed by atoms with Crippen LogP contribution in [0.4, 0.5) is 26.3 Å². The van der Waals surface area contributed by atoms with Crippen molar-refractivity contribution >= 4 is 23.3 Å². The number of hydrogen-bond acceptors (Lipinski definition) is 7. The fourth-order valence-corrected chi connectivity index (χ4v) is 4.77. The smallest absolute Gasteiger partial charge is 0.475 e. The average molecular weight is 536 g/mol. The van der Waals surface area contributed by atoms with Gasteiger partial charge in [-0.3, -0.25) is 4.90 Å². The van der Waals surface area contributed by atoms with Crippen molar-refractivity contribution in [2.75, 3.05) is 33.3 Å². The molecular weight excluding hydrogens is 508 g/mol. The van der Waals surface area contributed by atoms with E-state index >= 15 is 0 Å². The SMILES string of the molecule is CO[C@H]1CCN(Cc2nccs2)[C@@H]2CN(CC3CC3)C[C@H]12.O=C(O)C(F)(F)F.O=C(O)C(F)(F)F. The molecule has 1 saturated carbocycles. The zero-order chi connectivity index (χ0) is 26.4. The lowest BCUT2D eigenvalue weighted by molar-refractivity contribution is -0.193. The average Bonchev–Trinajstić information content (AvgIpc) is 3.22. The predicted molar refractivity (Wildman–Crippen MR) is 112 cm³/mol. The van der Waals surface area contributed by atoms with E-state index in [1.54, 1.807) is 11.3 Å². The lowest BCUT2D eigenvalue weighted by Gasteiger charge is -2.40. The number of ether oxygens (including phenoxy) is 1. The normalized spacial score (nSPS) is 25.1. The van der Waals surface area contributed by atoms with Crippen molar-refractivity contribution in [2.24, 2.45) is 11.8 Å². The molecule has 2 N–H and O–H groups in total. The summed E-state index contributed by atoms with van der Waals surface area (Å²) in [5.74, 6) is -3.85. The Hall–Kier alpha value is -1.97. The number of hydrogen-bond donors (Lipinski definition) is 2. The number of nitrogens with zero attached hydrogens (tertiary/aromatic N) is 3. The van der Waals surface area contributed by atoms with Crippen molar-refractivity contribution in [1.29, 1.82) is 0 Å². The Morgan fingerprint density at radius 3 is 2.09 bits per heavy atom. The van der Waals surface area contributed by atoms with Gasteiger partial charge in [0, 0.05) is 56.8 Å². The molecule has 0 radical (unpaired) electrons. The van der Waals surface area contributed by atoms with Crippen LogP contribution in [0.1, 0.15) is 24.3 Å². The van der Waals surface area contributed by atoms with Crippen LogP contribution < -0.4 is 0 Å². The second kappa shape index (κ2) is 12.3. The molecule has 1 aromatic rings. The summed E-state index contributed by atoms with van der Waals surface area (Å²) in [7, 11) is 1.89. The molecule has 2 saturated heterocycles. The maximum absolute atomic E-state index is 10.6. The van der Waals surface area contributed by atoms with Crippen molar-refractivity contribution in [1.82, 2.24) is 14.8 Å². The van der Waals surface area contributed by atoms with Gasteiger partial charge in [0.1, 0.15) is 5.01 Å². The number of halogens is 6. The summed E-state index contributed by atoms with van der Waals surface area (Å²) in [6.45, 7) is 5.94. The molecule has 3 fully saturated rings. The second-order valence-corrected chi connectivity index (χ2v) is 9.44.